The van der Waals surface area contributed by atoms with Gasteiger partial charge in [-0.25, -0.2) is 0 Å². The Bertz CT molecular complexity index is 71.9. The molecule has 0 atom stereocenters. The summed E-state index contributed by atoms with van der Waals surface area (Å²) in [6, 6.07) is 0. The van der Waals surface area contributed by atoms with Crippen LogP contribution >= 0.6 is 0 Å². The van der Waals surface area contributed by atoms with Gasteiger partial charge in [-0.1, -0.05) is 27.7 Å². The molecule has 74 valence electrons. The van der Waals surface area contributed by atoms with Crippen molar-refractivity contribution in [1.82, 2.24) is 0 Å². The van der Waals surface area contributed by atoms with Crippen LogP contribution in [0.4, 0.5) is 0 Å². The maximum Gasteiger partial charge on any atom is 0.187 e. The number of hydrogen-bond donors (Lipinski definition) is 0. The lowest BCUT2D eigenvalue weighted by Gasteiger charge is -2.07. The van der Waals surface area contributed by atoms with E-state index in [4.69, 9.17) is 4.74 Å². The van der Waals surface area contributed by atoms with E-state index in [0.717, 1.165) is 25.0 Å². The predicted molar refractivity (Wildman–Crippen MR) is 59.7 cm³/mol. The molecule has 0 bridgehead atoms. The van der Waals surface area contributed by atoms with Crippen molar-refractivity contribution in [2.24, 2.45) is 11.8 Å². The van der Waals surface area contributed by atoms with Gasteiger partial charge in [-0.3, -0.25) is 0 Å². The SMILES string of the molecule is CC(C)CCOCCC(C)C.[AlH3]. The normalized spacial score (nSPS) is 10.5. The van der Waals surface area contributed by atoms with Crippen LogP contribution < -0.4 is 0 Å². The zero-order valence-corrected chi connectivity index (χ0v) is 8.39. The minimum atomic E-state index is 0. The lowest BCUT2D eigenvalue weighted by atomic mass is 10.1. The Morgan fingerprint density at radius 3 is 1.42 bits per heavy atom. The lowest BCUT2D eigenvalue weighted by molar-refractivity contribution is 0.114. The molecule has 0 N–H and O–H groups in total. The summed E-state index contributed by atoms with van der Waals surface area (Å²) in [5.41, 5.74) is 0. The minimum absolute atomic E-state index is 0. The molecule has 0 aromatic rings. The van der Waals surface area contributed by atoms with Crippen LogP contribution in [0.1, 0.15) is 40.5 Å². The fraction of sp³-hybridized carbons (Fsp3) is 1.00. The first-order valence-electron chi connectivity index (χ1n) is 4.70. The minimum Gasteiger partial charge on any atom is -0.381 e. The summed E-state index contributed by atoms with van der Waals surface area (Å²) < 4.78 is 5.46. The summed E-state index contributed by atoms with van der Waals surface area (Å²) in [5.74, 6) is 1.54. The summed E-state index contributed by atoms with van der Waals surface area (Å²) in [6.07, 6.45) is 2.39. The molecule has 0 aliphatic heterocycles. The van der Waals surface area contributed by atoms with Gasteiger partial charge in [0.2, 0.25) is 0 Å². The van der Waals surface area contributed by atoms with Gasteiger partial charge in [-0.05, 0) is 24.7 Å². The fourth-order valence-electron chi connectivity index (χ4n) is 0.740. The van der Waals surface area contributed by atoms with E-state index >= 15 is 0 Å². The Balaban J connectivity index is 0. The highest BCUT2D eigenvalue weighted by molar-refractivity contribution is 5.75. The average molecular weight is 188 g/mol. The van der Waals surface area contributed by atoms with E-state index in [2.05, 4.69) is 27.7 Å². The molecule has 0 radical (unpaired) electrons. The number of hydrogen-bond acceptors (Lipinski definition) is 1. The molecular formula is C10H25AlO. The molecule has 0 spiro atoms. The molecule has 0 saturated heterocycles. The molecular weight excluding hydrogens is 163 g/mol. The second-order valence-corrected chi connectivity index (χ2v) is 3.98. The predicted octanol–water partition coefficient (Wildman–Crippen LogP) is 1.91. The Kier molecular flexibility index (Phi) is 12.0. The summed E-state index contributed by atoms with van der Waals surface area (Å²) in [7, 11) is 0. The number of ether oxygens (including phenoxy) is 1. The third-order valence-electron chi connectivity index (χ3n) is 1.68. The first-order chi connectivity index (χ1) is 5.13. The van der Waals surface area contributed by atoms with Crippen molar-refractivity contribution in [2.45, 2.75) is 40.5 Å². The van der Waals surface area contributed by atoms with Gasteiger partial charge < -0.3 is 4.74 Å². The summed E-state index contributed by atoms with van der Waals surface area (Å²) in [5, 5.41) is 0. The van der Waals surface area contributed by atoms with E-state index in [1.54, 1.807) is 0 Å². The first kappa shape index (κ1) is 15.0. The van der Waals surface area contributed by atoms with Gasteiger partial charge in [0.1, 0.15) is 0 Å². The van der Waals surface area contributed by atoms with Gasteiger partial charge in [0.25, 0.3) is 0 Å². The van der Waals surface area contributed by atoms with Crippen molar-refractivity contribution in [1.29, 1.82) is 0 Å². The van der Waals surface area contributed by atoms with Crippen LogP contribution in [0, 0.1) is 11.8 Å². The van der Waals surface area contributed by atoms with E-state index in [1.165, 1.54) is 12.8 Å². The quantitative estimate of drug-likeness (QED) is 0.457. The number of rotatable bonds is 6. The molecule has 0 aromatic heterocycles. The van der Waals surface area contributed by atoms with Crippen LogP contribution in [0.2, 0.25) is 0 Å². The standard InChI is InChI=1S/C10H22O.Al.3H/c1-9(2)5-7-11-8-6-10(3)4;;;;/h9-10H,5-8H2,1-4H3;;;;. The monoisotopic (exact) mass is 188 g/mol. The van der Waals surface area contributed by atoms with Gasteiger partial charge in [0.05, 0.1) is 0 Å². The van der Waals surface area contributed by atoms with Crippen molar-refractivity contribution < 1.29 is 4.74 Å². The molecule has 0 aliphatic rings. The van der Waals surface area contributed by atoms with Crippen LogP contribution in [0.15, 0.2) is 0 Å². The van der Waals surface area contributed by atoms with Gasteiger partial charge in [0.15, 0.2) is 17.4 Å². The van der Waals surface area contributed by atoms with E-state index in [0.29, 0.717) is 0 Å². The van der Waals surface area contributed by atoms with Gasteiger partial charge in [-0.2, -0.15) is 0 Å². The highest BCUT2D eigenvalue weighted by Crippen LogP contribution is 2.02. The Morgan fingerprint density at radius 2 is 1.17 bits per heavy atom. The van der Waals surface area contributed by atoms with Crippen LogP contribution in [-0.4, -0.2) is 30.6 Å². The summed E-state index contributed by atoms with van der Waals surface area (Å²) in [6.45, 7) is 10.8. The molecule has 0 fully saturated rings. The first-order valence-corrected chi connectivity index (χ1v) is 4.70. The average Bonchev–Trinajstić information content (AvgIpc) is 1.85. The van der Waals surface area contributed by atoms with E-state index < -0.39 is 0 Å². The maximum atomic E-state index is 5.46. The molecule has 0 unspecified atom stereocenters. The maximum absolute atomic E-state index is 5.46. The van der Waals surface area contributed by atoms with Crippen molar-refractivity contribution in [3.63, 3.8) is 0 Å². The van der Waals surface area contributed by atoms with Crippen molar-refractivity contribution in [3.05, 3.63) is 0 Å². The smallest absolute Gasteiger partial charge is 0.187 e. The zero-order chi connectivity index (χ0) is 8.69. The Morgan fingerprint density at radius 1 is 0.833 bits per heavy atom. The van der Waals surface area contributed by atoms with Crippen molar-refractivity contribution >= 4 is 17.4 Å². The molecule has 0 heterocycles. The largest absolute Gasteiger partial charge is 0.381 e. The molecule has 0 rings (SSSR count). The van der Waals surface area contributed by atoms with Gasteiger partial charge in [-0.15, -0.1) is 0 Å². The van der Waals surface area contributed by atoms with Crippen LogP contribution in [0.3, 0.4) is 0 Å². The summed E-state index contributed by atoms with van der Waals surface area (Å²) >= 11 is 0. The third-order valence-corrected chi connectivity index (χ3v) is 1.68. The molecule has 0 saturated carbocycles. The van der Waals surface area contributed by atoms with Crippen molar-refractivity contribution in [2.75, 3.05) is 13.2 Å². The zero-order valence-electron chi connectivity index (χ0n) is 8.39. The molecule has 0 aromatic carbocycles. The van der Waals surface area contributed by atoms with Crippen LogP contribution in [0.5, 0.6) is 0 Å². The Labute approximate surface area is 88.0 Å². The highest BCUT2D eigenvalue weighted by atomic mass is 27.0. The second-order valence-electron chi connectivity index (χ2n) is 3.98. The Hall–Kier alpha value is 0.492. The molecule has 12 heavy (non-hydrogen) atoms. The van der Waals surface area contributed by atoms with E-state index in [9.17, 15) is 0 Å². The molecule has 1 nitrogen and oxygen atoms in total. The topological polar surface area (TPSA) is 9.23 Å². The summed E-state index contributed by atoms with van der Waals surface area (Å²) in [4.78, 5) is 0. The molecule has 0 aliphatic carbocycles. The molecule has 2 heteroatoms. The lowest BCUT2D eigenvalue weighted by Crippen LogP contribution is -2.02. The van der Waals surface area contributed by atoms with E-state index in [1.807, 2.05) is 0 Å². The highest BCUT2D eigenvalue weighted by Gasteiger charge is 1.95. The van der Waals surface area contributed by atoms with Crippen LogP contribution in [0.25, 0.3) is 0 Å². The second kappa shape index (κ2) is 9.58. The molecule has 0 amide bonds. The van der Waals surface area contributed by atoms with Crippen LogP contribution in [-0.2, 0) is 4.74 Å². The van der Waals surface area contributed by atoms with E-state index in [-0.39, 0.29) is 17.4 Å². The third kappa shape index (κ3) is 13.1. The fourth-order valence-corrected chi connectivity index (χ4v) is 0.740. The van der Waals surface area contributed by atoms with Crippen molar-refractivity contribution in [3.8, 4) is 0 Å². The van der Waals surface area contributed by atoms with Gasteiger partial charge >= 0.3 is 0 Å². The van der Waals surface area contributed by atoms with Gasteiger partial charge in [0, 0.05) is 13.2 Å².